The van der Waals surface area contributed by atoms with Crippen molar-refractivity contribution in [2.75, 3.05) is 11.9 Å². The van der Waals surface area contributed by atoms with Crippen LogP contribution in [-0.2, 0) is 6.42 Å². The Morgan fingerprint density at radius 2 is 1.56 bits per heavy atom. The normalized spacial score (nSPS) is 10.3. The van der Waals surface area contributed by atoms with E-state index in [0.717, 1.165) is 12.1 Å². The number of carbonyl (C=O) groups excluding carboxylic acids is 2. The molecule has 0 saturated heterocycles. The fourth-order valence-corrected chi connectivity index (χ4v) is 2.49. The first kappa shape index (κ1) is 18.3. The van der Waals surface area contributed by atoms with Crippen LogP contribution in [0.5, 0.6) is 0 Å². The Hall–Kier alpha value is -3.54. The number of ketones is 1. The molecule has 0 spiro atoms. The van der Waals surface area contributed by atoms with Crippen molar-refractivity contribution < 1.29 is 9.59 Å². The van der Waals surface area contributed by atoms with E-state index < -0.39 is 0 Å². The third kappa shape index (κ3) is 5.22. The molecule has 0 aliphatic heterocycles. The van der Waals surface area contributed by atoms with Crippen molar-refractivity contribution in [3.8, 4) is 0 Å². The van der Waals surface area contributed by atoms with Crippen molar-refractivity contribution in [1.82, 2.24) is 15.3 Å². The fraction of sp³-hybridized carbons (Fsp3) is 0.143. The van der Waals surface area contributed by atoms with Gasteiger partial charge in [-0.05, 0) is 43.2 Å². The summed E-state index contributed by atoms with van der Waals surface area (Å²) in [6.45, 7) is 2.07. The van der Waals surface area contributed by atoms with E-state index in [-0.39, 0.29) is 11.7 Å². The minimum absolute atomic E-state index is 0.0143. The average Bonchev–Trinajstić information content (AvgIpc) is 2.70. The molecule has 2 aromatic carbocycles. The number of aromatic nitrogens is 2. The van der Waals surface area contributed by atoms with Crippen molar-refractivity contribution in [3.63, 3.8) is 0 Å². The zero-order valence-corrected chi connectivity index (χ0v) is 15.0. The van der Waals surface area contributed by atoms with Crippen LogP contribution in [0.25, 0.3) is 0 Å². The summed E-state index contributed by atoms with van der Waals surface area (Å²) in [6.07, 6.45) is 3.73. The van der Waals surface area contributed by atoms with Crippen LogP contribution in [0.2, 0.25) is 0 Å². The summed E-state index contributed by atoms with van der Waals surface area (Å²) in [5.74, 6) is 0.190. The van der Waals surface area contributed by atoms with Gasteiger partial charge in [0.1, 0.15) is 0 Å². The van der Waals surface area contributed by atoms with Crippen LogP contribution in [0, 0.1) is 0 Å². The van der Waals surface area contributed by atoms with E-state index in [4.69, 9.17) is 0 Å². The van der Waals surface area contributed by atoms with Crippen LogP contribution >= 0.6 is 0 Å². The van der Waals surface area contributed by atoms with Gasteiger partial charge in [0.25, 0.3) is 5.91 Å². The molecule has 0 atom stereocenters. The second-order valence-electron chi connectivity index (χ2n) is 6.05. The third-order valence-electron chi connectivity index (χ3n) is 4.00. The zero-order valence-electron chi connectivity index (χ0n) is 15.0. The minimum atomic E-state index is -0.205. The van der Waals surface area contributed by atoms with Gasteiger partial charge in [-0.15, -0.1) is 0 Å². The van der Waals surface area contributed by atoms with Gasteiger partial charge in [-0.25, -0.2) is 9.97 Å². The smallest absolute Gasteiger partial charge is 0.254 e. The van der Waals surface area contributed by atoms with Crippen molar-refractivity contribution >= 4 is 23.3 Å². The van der Waals surface area contributed by atoms with E-state index in [0.29, 0.717) is 23.6 Å². The molecular formula is C21H20N4O2. The zero-order chi connectivity index (χ0) is 19.1. The van der Waals surface area contributed by atoms with Crippen molar-refractivity contribution in [2.45, 2.75) is 13.3 Å². The Bertz CT molecular complexity index is 907. The summed E-state index contributed by atoms with van der Waals surface area (Å²) in [7, 11) is 0. The molecule has 0 saturated carbocycles. The highest BCUT2D eigenvalue weighted by molar-refractivity contribution is 5.94. The maximum absolute atomic E-state index is 12.2. The molecule has 136 valence electrons. The van der Waals surface area contributed by atoms with Crippen LogP contribution in [0.1, 0.15) is 33.2 Å². The highest BCUT2D eigenvalue weighted by Crippen LogP contribution is 2.14. The molecule has 1 amide bonds. The molecule has 0 bridgehead atoms. The standard InChI is InChI=1S/C21H20N4O2/c1-15(26)17-7-9-19(10-8-17)25-21-23-13-18(14-24-21)20(27)22-12-11-16-5-3-2-4-6-16/h2-10,13-14H,11-12H2,1H3,(H,22,27)(H,23,24,25). The molecule has 2 N–H and O–H groups in total. The van der Waals surface area contributed by atoms with Crippen molar-refractivity contribution in [3.05, 3.63) is 83.7 Å². The highest BCUT2D eigenvalue weighted by atomic mass is 16.1. The number of benzene rings is 2. The molecule has 1 aromatic heterocycles. The average molecular weight is 360 g/mol. The van der Waals surface area contributed by atoms with Gasteiger partial charge < -0.3 is 10.6 Å². The summed E-state index contributed by atoms with van der Waals surface area (Å²) in [4.78, 5) is 31.8. The van der Waals surface area contributed by atoms with Gasteiger partial charge in [-0.1, -0.05) is 30.3 Å². The predicted octanol–water partition coefficient (Wildman–Crippen LogP) is 3.40. The largest absolute Gasteiger partial charge is 0.352 e. The number of hydrogen-bond acceptors (Lipinski definition) is 5. The summed E-state index contributed by atoms with van der Waals surface area (Å²) < 4.78 is 0. The Balaban J connectivity index is 1.53. The summed E-state index contributed by atoms with van der Waals surface area (Å²) in [6, 6.07) is 17.0. The van der Waals surface area contributed by atoms with Gasteiger partial charge in [0.05, 0.1) is 5.56 Å². The Labute approximate surface area is 157 Å². The van der Waals surface area contributed by atoms with Gasteiger partial charge in [0.2, 0.25) is 5.95 Å². The second kappa shape index (κ2) is 8.71. The first-order valence-corrected chi connectivity index (χ1v) is 8.64. The molecule has 0 fully saturated rings. The van der Waals surface area contributed by atoms with Crippen LogP contribution in [0.4, 0.5) is 11.6 Å². The quantitative estimate of drug-likeness (QED) is 0.631. The van der Waals surface area contributed by atoms with E-state index in [2.05, 4.69) is 20.6 Å². The van der Waals surface area contributed by atoms with Crippen LogP contribution in [0.15, 0.2) is 67.0 Å². The van der Waals surface area contributed by atoms with Gasteiger partial charge in [0.15, 0.2) is 5.78 Å². The Kier molecular flexibility index (Phi) is 5.89. The Morgan fingerprint density at radius 3 is 2.19 bits per heavy atom. The first-order chi connectivity index (χ1) is 13.1. The number of nitrogens with one attached hydrogen (secondary N) is 2. The lowest BCUT2D eigenvalue weighted by Gasteiger charge is -2.07. The molecule has 27 heavy (non-hydrogen) atoms. The van der Waals surface area contributed by atoms with E-state index in [1.165, 1.54) is 24.9 Å². The maximum Gasteiger partial charge on any atom is 0.254 e. The van der Waals surface area contributed by atoms with Gasteiger partial charge in [-0.3, -0.25) is 9.59 Å². The molecular weight excluding hydrogens is 340 g/mol. The summed E-state index contributed by atoms with van der Waals surface area (Å²) in [5, 5.41) is 5.90. The number of hydrogen-bond donors (Lipinski definition) is 2. The molecule has 0 aliphatic rings. The van der Waals surface area contributed by atoms with Crippen LogP contribution in [-0.4, -0.2) is 28.2 Å². The minimum Gasteiger partial charge on any atom is -0.352 e. The fourth-order valence-electron chi connectivity index (χ4n) is 2.49. The Morgan fingerprint density at radius 1 is 0.889 bits per heavy atom. The monoisotopic (exact) mass is 360 g/mol. The lowest BCUT2D eigenvalue weighted by molar-refractivity contribution is 0.0952. The molecule has 0 radical (unpaired) electrons. The van der Waals surface area contributed by atoms with E-state index in [9.17, 15) is 9.59 Å². The third-order valence-corrected chi connectivity index (χ3v) is 4.00. The van der Waals surface area contributed by atoms with E-state index in [1.807, 2.05) is 30.3 Å². The summed E-state index contributed by atoms with van der Waals surface area (Å²) in [5.41, 5.74) is 2.98. The van der Waals surface area contributed by atoms with Crippen LogP contribution < -0.4 is 10.6 Å². The molecule has 0 unspecified atom stereocenters. The molecule has 0 aliphatic carbocycles. The number of amides is 1. The van der Waals surface area contributed by atoms with Crippen molar-refractivity contribution in [1.29, 1.82) is 0 Å². The highest BCUT2D eigenvalue weighted by Gasteiger charge is 2.07. The van der Waals surface area contributed by atoms with Gasteiger partial charge in [0, 0.05) is 30.2 Å². The topological polar surface area (TPSA) is 84.0 Å². The first-order valence-electron chi connectivity index (χ1n) is 8.64. The number of nitrogens with zero attached hydrogens (tertiary/aromatic N) is 2. The van der Waals surface area contributed by atoms with E-state index in [1.54, 1.807) is 24.3 Å². The molecule has 3 aromatic rings. The number of Topliss-reactive ketones (excluding diaryl/α,β-unsaturated/α-hetero) is 1. The summed E-state index contributed by atoms with van der Waals surface area (Å²) >= 11 is 0. The second-order valence-corrected chi connectivity index (χ2v) is 6.05. The number of carbonyl (C=O) groups is 2. The molecule has 6 nitrogen and oxygen atoms in total. The lowest BCUT2D eigenvalue weighted by atomic mass is 10.1. The van der Waals surface area contributed by atoms with Gasteiger partial charge in [-0.2, -0.15) is 0 Å². The molecule has 1 heterocycles. The molecule has 6 heteroatoms. The SMILES string of the molecule is CC(=O)c1ccc(Nc2ncc(C(=O)NCCc3ccccc3)cn2)cc1. The van der Waals surface area contributed by atoms with Crippen LogP contribution in [0.3, 0.4) is 0 Å². The van der Waals surface area contributed by atoms with Gasteiger partial charge >= 0.3 is 0 Å². The van der Waals surface area contributed by atoms with E-state index >= 15 is 0 Å². The lowest BCUT2D eigenvalue weighted by Crippen LogP contribution is -2.26. The molecule has 3 rings (SSSR count). The predicted molar refractivity (Wildman–Crippen MR) is 104 cm³/mol. The van der Waals surface area contributed by atoms with Crippen molar-refractivity contribution in [2.24, 2.45) is 0 Å². The maximum atomic E-state index is 12.2. The number of anilines is 2. The number of rotatable bonds is 7.